The molecule has 0 atom stereocenters. The second kappa shape index (κ2) is 6.28. The van der Waals surface area contributed by atoms with Gasteiger partial charge in [-0.1, -0.05) is 11.3 Å². The van der Waals surface area contributed by atoms with Crippen LogP contribution in [0.5, 0.6) is 0 Å². The number of thiazole rings is 1. The van der Waals surface area contributed by atoms with Gasteiger partial charge in [-0.15, -0.1) is 21.5 Å². The summed E-state index contributed by atoms with van der Waals surface area (Å²) in [7, 11) is 0. The van der Waals surface area contributed by atoms with Gasteiger partial charge in [0.2, 0.25) is 10.1 Å². The summed E-state index contributed by atoms with van der Waals surface area (Å²) >= 11 is 1.83. The van der Waals surface area contributed by atoms with Crippen molar-refractivity contribution in [2.75, 3.05) is 36.4 Å². The molecule has 23 heavy (non-hydrogen) atoms. The fourth-order valence-corrected chi connectivity index (χ4v) is 3.30. The predicted molar refractivity (Wildman–Crippen MR) is 79.8 cm³/mol. The van der Waals surface area contributed by atoms with Crippen molar-refractivity contribution in [1.82, 2.24) is 20.1 Å². The Bertz CT molecular complexity index is 666. The molecule has 0 aromatic carbocycles. The van der Waals surface area contributed by atoms with E-state index in [9.17, 15) is 18.0 Å². The predicted octanol–water partition coefficient (Wildman–Crippen LogP) is 2.37. The number of hydrogen-bond donors (Lipinski definition) is 1. The van der Waals surface area contributed by atoms with E-state index in [1.54, 1.807) is 21.4 Å². The Balaban J connectivity index is 1.56. The quantitative estimate of drug-likeness (QED) is 0.886. The number of alkyl halides is 3. The van der Waals surface area contributed by atoms with Crippen molar-refractivity contribution in [3.8, 4) is 0 Å². The fourth-order valence-electron chi connectivity index (χ4n) is 2.01. The van der Waals surface area contributed by atoms with Crippen LogP contribution >= 0.6 is 22.7 Å². The topological polar surface area (TPSA) is 74.2 Å². The maximum Gasteiger partial charge on any atom is 0.445 e. The SMILES string of the molecule is O=C(Nc1nccs1)N1CCN(c2nnc(C(F)(F)F)s2)CC1. The number of rotatable bonds is 2. The molecule has 0 spiro atoms. The Morgan fingerprint density at radius 2 is 1.96 bits per heavy atom. The highest BCUT2D eigenvalue weighted by atomic mass is 32.1. The molecule has 0 saturated carbocycles. The number of aromatic nitrogens is 3. The van der Waals surface area contributed by atoms with Crippen LogP contribution in [0.3, 0.4) is 0 Å². The highest BCUT2D eigenvalue weighted by Crippen LogP contribution is 2.34. The standard InChI is InChI=1S/C11H11F3N6OS2/c12-11(13,14)7-17-18-10(23-7)20-4-2-19(3-5-20)9(21)16-8-15-1-6-22-8/h1,6H,2-5H2,(H,15,16,21). The van der Waals surface area contributed by atoms with Crippen molar-refractivity contribution in [1.29, 1.82) is 0 Å². The van der Waals surface area contributed by atoms with Crippen LogP contribution in [0.25, 0.3) is 0 Å². The molecule has 1 aliphatic heterocycles. The molecule has 124 valence electrons. The van der Waals surface area contributed by atoms with E-state index in [4.69, 9.17) is 0 Å². The van der Waals surface area contributed by atoms with Gasteiger partial charge in [0.1, 0.15) is 0 Å². The molecule has 1 N–H and O–H groups in total. The van der Waals surface area contributed by atoms with E-state index in [1.165, 1.54) is 11.3 Å². The van der Waals surface area contributed by atoms with Crippen molar-refractivity contribution in [2.24, 2.45) is 0 Å². The number of amides is 2. The molecule has 2 aromatic rings. The lowest BCUT2D eigenvalue weighted by Gasteiger charge is -2.34. The van der Waals surface area contributed by atoms with Gasteiger partial charge in [-0.2, -0.15) is 13.2 Å². The lowest BCUT2D eigenvalue weighted by molar-refractivity contribution is -0.138. The van der Waals surface area contributed by atoms with Gasteiger partial charge in [-0.25, -0.2) is 9.78 Å². The zero-order valence-corrected chi connectivity index (χ0v) is 13.2. The maximum atomic E-state index is 12.5. The number of anilines is 2. The first-order chi connectivity index (χ1) is 10.9. The van der Waals surface area contributed by atoms with Gasteiger partial charge in [-0.05, 0) is 0 Å². The molecule has 0 radical (unpaired) electrons. The summed E-state index contributed by atoms with van der Waals surface area (Å²) in [5.74, 6) is 0. The molecule has 7 nitrogen and oxygen atoms in total. The number of carbonyl (C=O) groups excluding carboxylic acids is 1. The zero-order chi connectivity index (χ0) is 16.4. The third kappa shape index (κ3) is 3.69. The Morgan fingerprint density at radius 3 is 2.52 bits per heavy atom. The molecular weight excluding hydrogens is 353 g/mol. The van der Waals surface area contributed by atoms with Crippen LogP contribution in [0, 0.1) is 0 Å². The van der Waals surface area contributed by atoms with E-state index in [0.29, 0.717) is 42.6 Å². The van der Waals surface area contributed by atoms with Crippen molar-refractivity contribution >= 4 is 39.0 Å². The smallest absolute Gasteiger partial charge is 0.343 e. The van der Waals surface area contributed by atoms with E-state index in [0.717, 1.165) is 0 Å². The third-order valence-electron chi connectivity index (χ3n) is 3.14. The number of urea groups is 1. The zero-order valence-electron chi connectivity index (χ0n) is 11.6. The summed E-state index contributed by atoms with van der Waals surface area (Å²) in [4.78, 5) is 19.3. The molecule has 0 unspecified atom stereocenters. The minimum absolute atomic E-state index is 0.220. The van der Waals surface area contributed by atoms with Crippen LogP contribution in [-0.4, -0.2) is 52.3 Å². The van der Waals surface area contributed by atoms with Crippen molar-refractivity contribution in [2.45, 2.75) is 6.18 Å². The Kier molecular flexibility index (Phi) is 4.35. The van der Waals surface area contributed by atoms with Gasteiger partial charge in [0.15, 0.2) is 5.13 Å². The minimum Gasteiger partial charge on any atom is -0.343 e. The fraction of sp³-hybridized carbons (Fsp3) is 0.455. The van der Waals surface area contributed by atoms with E-state index < -0.39 is 11.2 Å². The summed E-state index contributed by atoms with van der Waals surface area (Å²) in [5, 5.41) is 10.9. The molecule has 3 rings (SSSR count). The molecule has 1 saturated heterocycles. The Morgan fingerprint density at radius 1 is 1.22 bits per heavy atom. The number of halogens is 3. The van der Waals surface area contributed by atoms with Gasteiger partial charge in [0.05, 0.1) is 0 Å². The average Bonchev–Trinajstić information content (AvgIpc) is 3.18. The second-order valence-electron chi connectivity index (χ2n) is 4.63. The van der Waals surface area contributed by atoms with E-state index in [1.807, 2.05) is 0 Å². The lowest BCUT2D eigenvalue weighted by Crippen LogP contribution is -2.50. The Labute approximate surface area is 136 Å². The molecule has 2 aromatic heterocycles. The molecule has 12 heteroatoms. The number of nitrogens with one attached hydrogen (secondary N) is 1. The van der Waals surface area contributed by atoms with Crippen LogP contribution in [0.4, 0.5) is 28.2 Å². The van der Waals surface area contributed by atoms with Crippen LogP contribution < -0.4 is 10.2 Å². The van der Waals surface area contributed by atoms with Gasteiger partial charge >= 0.3 is 12.2 Å². The molecule has 0 aliphatic carbocycles. The number of piperazine rings is 1. The van der Waals surface area contributed by atoms with E-state index >= 15 is 0 Å². The van der Waals surface area contributed by atoms with E-state index in [2.05, 4.69) is 20.5 Å². The summed E-state index contributed by atoms with van der Waals surface area (Å²) < 4.78 is 37.6. The molecular formula is C11H11F3N6OS2. The second-order valence-corrected chi connectivity index (χ2v) is 6.48. The van der Waals surface area contributed by atoms with Crippen LogP contribution in [0.15, 0.2) is 11.6 Å². The van der Waals surface area contributed by atoms with Gasteiger partial charge in [0.25, 0.3) is 0 Å². The van der Waals surface area contributed by atoms with Gasteiger partial charge in [-0.3, -0.25) is 5.32 Å². The third-order valence-corrected chi connectivity index (χ3v) is 4.86. The lowest BCUT2D eigenvalue weighted by atomic mass is 10.3. The van der Waals surface area contributed by atoms with Crippen LogP contribution in [-0.2, 0) is 6.18 Å². The first-order valence-electron chi connectivity index (χ1n) is 6.54. The first kappa shape index (κ1) is 15.9. The summed E-state index contributed by atoms with van der Waals surface area (Å²) in [5.41, 5.74) is 0. The van der Waals surface area contributed by atoms with E-state index in [-0.39, 0.29) is 11.2 Å². The van der Waals surface area contributed by atoms with Crippen LogP contribution in [0.2, 0.25) is 0 Å². The average molecular weight is 364 g/mol. The molecule has 2 amide bonds. The van der Waals surface area contributed by atoms with Crippen molar-refractivity contribution in [3.05, 3.63) is 16.6 Å². The van der Waals surface area contributed by atoms with Crippen LogP contribution in [0.1, 0.15) is 5.01 Å². The molecule has 3 heterocycles. The largest absolute Gasteiger partial charge is 0.445 e. The van der Waals surface area contributed by atoms with Crippen molar-refractivity contribution < 1.29 is 18.0 Å². The molecule has 1 aliphatic rings. The van der Waals surface area contributed by atoms with Crippen molar-refractivity contribution in [3.63, 3.8) is 0 Å². The minimum atomic E-state index is -4.48. The monoisotopic (exact) mass is 364 g/mol. The molecule has 1 fully saturated rings. The molecule has 0 bridgehead atoms. The summed E-state index contributed by atoms with van der Waals surface area (Å²) in [6, 6.07) is -0.271. The number of carbonyl (C=O) groups is 1. The van der Waals surface area contributed by atoms with Gasteiger partial charge < -0.3 is 9.80 Å². The maximum absolute atomic E-state index is 12.5. The highest BCUT2D eigenvalue weighted by Gasteiger charge is 2.36. The summed E-state index contributed by atoms with van der Waals surface area (Å²) in [6.45, 7) is 1.58. The van der Waals surface area contributed by atoms with Gasteiger partial charge in [0, 0.05) is 37.8 Å². The number of hydrogen-bond acceptors (Lipinski definition) is 7. The Hall–Kier alpha value is -1.95. The number of nitrogens with zero attached hydrogens (tertiary/aromatic N) is 5. The normalized spacial score (nSPS) is 15.8. The highest BCUT2D eigenvalue weighted by molar-refractivity contribution is 7.15. The first-order valence-corrected chi connectivity index (χ1v) is 8.24. The summed E-state index contributed by atoms with van der Waals surface area (Å²) in [6.07, 6.45) is -2.89.